The van der Waals surface area contributed by atoms with Crippen LogP contribution in [0.5, 0.6) is 23.0 Å². The maximum Gasteiger partial charge on any atom is 0.201 e. The molecule has 0 heterocycles. The molecule has 0 spiro atoms. The summed E-state index contributed by atoms with van der Waals surface area (Å²) in [5.74, 6) is 0.198. The molecule has 0 amide bonds. The van der Waals surface area contributed by atoms with E-state index < -0.39 is 0 Å². The van der Waals surface area contributed by atoms with Crippen LogP contribution in [-0.4, -0.2) is 24.4 Å². The molecule has 0 aromatic heterocycles. The molecule has 0 aliphatic heterocycles. The lowest BCUT2D eigenvalue weighted by Gasteiger charge is -2.12. The molecule has 0 atom stereocenters. The Kier molecular flexibility index (Phi) is 2.51. The van der Waals surface area contributed by atoms with E-state index in [-0.39, 0.29) is 17.2 Å². The lowest BCUT2D eigenvalue weighted by molar-refractivity contribution is 0.338. The third-order valence-corrected chi connectivity index (χ3v) is 1.86. The van der Waals surface area contributed by atoms with Gasteiger partial charge in [-0.15, -0.1) is 0 Å². The van der Waals surface area contributed by atoms with Crippen molar-refractivity contribution in [2.45, 2.75) is 6.92 Å². The first-order valence-electron chi connectivity index (χ1n) is 3.75. The first-order valence-corrected chi connectivity index (χ1v) is 3.75. The van der Waals surface area contributed by atoms with Crippen molar-refractivity contribution in [3.63, 3.8) is 0 Å². The first kappa shape index (κ1) is 9.51. The van der Waals surface area contributed by atoms with Crippen LogP contribution in [-0.2, 0) is 0 Å². The summed E-state index contributed by atoms with van der Waals surface area (Å²) < 4.78 is 9.88. The Hall–Kier alpha value is -1.58. The van der Waals surface area contributed by atoms with Crippen molar-refractivity contribution in [2.75, 3.05) is 14.2 Å². The Morgan fingerprint density at radius 3 is 2.23 bits per heavy atom. The van der Waals surface area contributed by atoms with E-state index in [0.29, 0.717) is 11.3 Å². The van der Waals surface area contributed by atoms with E-state index in [9.17, 15) is 10.2 Å². The van der Waals surface area contributed by atoms with Crippen molar-refractivity contribution >= 4 is 0 Å². The molecule has 0 aliphatic carbocycles. The van der Waals surface area contributed by atoms with Crippen molar-refractivity contribution < 1.29 is 19.7 Å². The lowest BCUT2D eigenvalue weighted by atomic mass is 10.1. The summed E-state index contributed by atoms with van der Waals surface area (Å²) in [4.78, 5) is 0. The van der Waals surface area contributed by atoms with Gasteiger partial charge in [-0.25, -0.2) is 0 Å². The molecule has 0 unspecified atom stereocenters. The predicted molar refractivity (Wildman–Crippen MR) is 47.6 cm³/mol. The molecule has 1 aromatic rings. The summed E-state index contributed by atoms with van der Waals surface area (Å²) in [5.41, 5.74) is 0.653. The van der Waals surface area contributed by atoms with Crippen molar-refractivity contribution in [3.05, 3.63) is 11.6 Å². The number of benzene rings is 1. The van der Waals surface area contributed by atoms with Crippen molar-refractivity contribution in [3.8, 4) is 23.0 Å². The molecular weight excluding hydrogens is 172 g/mol. The van der Waals surface area contributed by atoms with Crippen LogP contribution in [0.25, 0.3) is 0 Å². The Morgan fingerprint density at radius 2 is 1.77 bits per heavy atom. The van der Waals surface area contributed by atoms with E-state index in [1.165, 1.54) is 20.3 Å². The Labute approximate surface area is 76.3 Å². The third kappa shape index (κ3) is 1.47. The van der Waals surface area contributed by atoms with Gasteiger partial charge in [0.25, 0.3) is 0 Å². The van der Waals surface area contributed by atoms with Crippen LogP contribution in [0.1, 0.15) is 5.56 Å². The molecule has 0 saturated carbocycles. The van der Waals surface area contributed by atoms with Gasteiger partial charge >= 0.3 is 0 Å². The largest absolute Gasteiger partial charge is 0.504 e. The summed E-state index contributed by atoms with van der Waals surface area (Å²) in [5, 5.41) is 18.6. The van der Waals surface area contributed by atoms with Gasteiger partial charge in [0, 0.05) is 11.6 Å². The molecule has 0 radical (unpaired) electrons. The molecule has 4 nitrogen and oxygen atoms in total. The molecule has 0 bridgehead atoms. The summed E-state index contributed by atoms with van der Waals surface area (Å²) in [7, 11) is 2.90. The number of hydrogen-bond acceptors (Lipinski definition) is 4. The van der Waals surface area contributed by atoms with Crippen LogP contribution in [0.2, 0.25) is 0 Å². The smallest absolute Gasteiger partial charge is 0.201 e. The molecule has 0 aliphatic rings. The fourth-order valence-corrected chi connectivity index (χ4v) is 1.17. The average molecular weight is 184 g/mol. The summed E-state index contributed by atoms with van der Waals surface area (Å²) in [6, 6.07) is 1.34. The third-order valence-electron chi connectivity index (χ3n) is 1.86. The Bertz CT molecular complexity index is 320. The fraction of sp³-hybridized carbons (Fsp3) is 0.333. The van der Waals surface area contributed by atoms with E-state index in [4.69, 9.17) is 9.47 Å². The topological polar surface area (TPSA) is 58.9 Å². The summed E-state index contributed by atoms with van der Waals surface area (Å²) in [6.45, 7) is 1.73. The molecule has 0 fully saturated rings. The van der Waals surface area contributed by atoms with Crippen LogP contribution in [0.3, 0.4) is 0 Å². The second kappa shape index (κ2) is 3.43. The van der Waals surface area contributed by atoms with Gasteiger partial charge in [0.1, 0.15) is 5.75 Å². The van der Waals surface area contributed by atoms with Gasteiger partial charge in [0.05, 0.1) is 14.2 Å². The lowest BCUT2D eigenvalue weighted by Crippen LogP contribution is -1.92. The molecule has 72 valence electrons. The molecule has 0 saturated heterocycles. The van der Waals surface area contributed by atoms with Gasteiger partial charge in [0.15, 0.2) is 11.5 Å². The molecule has 4 heteroatoms. The van der Waals surface area contributed by atoms with Gasteiger partial charge in [-0.1, -0.05) is 0 Å². The number of phenolic OH excluding ortho intramolecular Hbond substituents is 2. The fourth-order valence-electron chi connectivity index (χ4n) is 1.17. The average Bonchev–Trinajstić information content (AvgIpc) is 2.12. The second-order valence-electron chi connectivity index (χ2n) is 2.60. The molecule has 1 aromatic carbocycles. The zero-order valence-electron chi connectivity index (χ0n) is 7.79. The van der Waals surface area contributed by atoms with Crippen molar-refractivity contribution in [1.82, 2.24) is 0 Å². The predicted octanol–water partition coefficient (Wildman–Crippen LogP) is 1.42. The van der Waals surface area contributed by atoms with Crippen LogP contribution in [0.15, 0.2) is 6.07 Å². The van der Waals surface area contributed by atoms with Gasteiger partial charge < -0.3 is 19.7 Å². The van der Waals surface area contributed by atoms with Gasteiger partial charge in [0.2, 0.25) is 5.75 Å². The summed E-state index contributed by atoms with van der Waals surface area (Å²) in [6.07, 6.45) is 0. The highest BCUT2D eigenvalue weighted by Gasteiger charge is 2.15. The monoisotopic (exact) mass is 184 g/mol. The highest BCUT2D eigenvalue weighted by Crippen LogP contribution is 2.42. The number of methoxy groups -OCH3 is 2. The van der Waals surface area contributed by atoms with Crippen molar-refractivity contribution in [2.24, 2.45) is 0 Å². The minimum Gasteiger partial charge on any atom is -0.504 e. The quantitative estimate of drug-likeness (QED) is 0.682. The molecule has 2 N–H and O–H groups in total. The zero-order chi connectivity index (χ0) is 10.0. The number of rotatable bonds is 2. The second-order valence-corrected chi connectivity index (χ2v) is 2.60. The highest BCUT2D eigenvalue weighted by molar-refractivity contribution is 5.59. The Balaban J connectivity index is 3.39. The maximum absolute atomic E-state index is 9.37. The van der Waals surface area contributed by atoms with Crippen LogP contribution in [0, 0.1) is 6.92 Å². The molecular formula is C9H12O4. The van der Waals surface area contributed by atoms with Crippen LogP contribution < -0.4 is 9.47 Å². The number of hydrogen-bond donors (Lipinski definition) is 2. The van der Waals surface area contributed by atoms with Gasteiger partial charge in [-0.2, -0.15) is 0 Å². The minimum atomic E-state index is -0.263. The standard InChI is InChI=1S/C9H12O4/c1-5-7(12-2)4-6(10)8(11)9(5)13-3/h4,10-11H,1-3H3. The highest BCUT2D eigenvalue weighted by atomic mass is 16.5. The van der Waals surface area contributed by atoms with Crippen LogP contribution in [0.4, 0.5) is 0 Å². The number of aromatic hydroxyl groups is 2. The summed E-state index contributed by atoms with van der Waals surface area (Å²) >= 11 is 0. The SMILES string of the molecule is COc1cc(O)c(O)c(OC)c1C. The van der Waals surface area contributed by atoms with Gasteiger partial charge in [-0.05, 0) is 6.92 Å². The van der Waals surface area contributed by atoms with E-state index in [1.807, 2.05) is 0 Å². The Morgan fingerprint density at radius 1 is 1.15 bits per heavy atom. The minimum absolute atomic E-state index is 0.233. The van der Waals surface area contributed by atoms with E-state index in [2.05, 4.69) is 0 Å². The molecule has 13 heavy (non-hydrogen) atoms. The number of phenols is 2. The zero-order valence-corrected chi connectivity index (χ0v) is 7.79. The number of ether oxygens (including phenoxy) is 2. The maximum atomic E-state index is 9.37. The first-order chi connectivity index (χ1) is 6.11. The van der Waals surface area contributed by atoms with Crippen molar-refractivity contribution in [1.29, 1.82) is 0 Å². The van der Waals surface area contributed by atoms with Crippen LogP contribution >= 0.6 is 0 Å². The van der Waals surface area contributed by atoms with E-state index in [0.717, 1.165) is 0 Å². The van der Waals surface area contributed by atoms with E-state index in [1.54, 1.807) is 6.92 Å². The normalized spacial score (nSPS) is 9.77. The van der Waals surface area contributed by atoms with Gasteiger partial charge in [-0.3, -0.25) is 0 Å². The van der Waals surface area contributed by atoms with E-state index >= 15 is 0 Å². The molecule has 1 rings (SSSR count).